The number of piperidine rings is 1. The molecule has 2 amide bonds. The first-order chi connectivity index (χ1) is 15.7. The second-order valence-corrected chi connectivity index (χ2v) is 9.41. The molecule has 1 aliphatic heterocycles. The van der Waals surface area contributed by atoms with Crippen molar-refractivity contribution in [2.75, 3.05) is 25.0 Å². The summed E-state index contributed by atoms with van der Waals surface area (Å²) < 4.78 is 47.6. The Balaban J connectivity index is 1.68. The number of carbonyl (C=O) groups excluding carboxylic acids is 2. The molecule has 0 saturated carbocycles. The van der Waals surface area contributed by atoms with Gasteiger partial charge in [0, 0.05) is 30.4 Å². The molecule has 1 fully saturated rings. The van der Waals surface area contributed by atoms with Gasteiger partial charge in [0.05, 0.1) is 6.61 Å². The summed E-state index contributed by atoms with van der Waals surface area (Å²) in [4.78, 5) is 25.3. The highest BCUT2D eigenvalue weighted by atomic mass is 32.2. The lowest BCUT2D eigenvalue weighted by Crippen LogP contribution is -2.46. The van der Waals surface area contributed by atoms with Gasteiger partial charge in [0.2, 0.25) is 10.0 Å². The number of hydrogen-bond donors (Lipinski definition) is 2. The molecule has 178 valence electrons. The number of sulfonamides is 1. The van der Waals surface area contributed by atoms with Gasteiger partial charge < -0.3 is 15.0 Å². The van der Waals surface area contributed by atoms with Gasteiger partial charge >= 0.3 is 6.09 Å². The van der Waals surface area contributed by atoms with Gasteiger partial charge in [-0.1, -0.05) is 19.1 Å². The average Bonchev–Trinajstić information content (AvgIpc) is 2.80. The first kappa shape index (κ1) is 24.7. The molecule has 1 heterocycles. The van der Waals surface area contributed by atoms with Crippen LogP contribution in [0.4, 0.5) is 14.9 Å². The smallest absolute Gasteiger partial charge is 0.409 e. The minimum absolute atomic E-state index is 0.0217. The van der Waals surface area contributed by atoms with Gasteiger partial charge in [-0.05, 0) is 62.1 Å². The number of halogens is 1. The van der Waals surface area contributed by atoms with Gasteiger partial charge in [0.25, 0.3) is 5.91 Å². The minimum Gasteiger partial charge on any atom is -0.450 e. The average molecular weight is 478 g/mol. The molecule has 0 aromatic heterocycles. The lowest BCUT2D eigenvalue weighted by Gasteiger charge is -2.31. The van der Waals surface area contributed by atoms with Gasteiger partial charge in [0.1, 0.15) is 10.7 Å². The molecule has 33 heavy (non-hydrogen) atoms. The first-order valence-corrected chi connectivity index (χ1v) is 12.4. The van der Waals surface area contributed by atoms with Crippen molar-refractivity contribution in [3.05, 3.63) is 59.4 Å². The Labute approximate surface area is 193 Å². The largest absolute Gasteiger partial charge is 0.450 e. The van der Waals surface area contributed by atoms with Crippen LogP contribution in [0.15, 0.2) is 47.4 Å². The normalized spacial score (nSPS) is 14.7. The van der Waals surface area contributed by atoms with Crippen molar-refractivity contribution < 1.29 is 27.1 Å². The Hall–Kier alpha value is -2.98. The van der Waals surface area contributed by atoms with Crippen molar-refractivity contribution >= 4 is 27.7 Å². The monoisotopic (exact) mass is 477 g/mol. The third-order valence-corrected chi connectivity index (χ3v) is 6.98. The van der Waals surface area contributed by atoms with Crippen molar-refractivity contribution in [1.82, 2.24) is 9.62 Å². The maximum atomic E-state index is 14.4. The molecule has 0 radical (unpaired) electrons. The highest BCUT2D eigenvalue weighted by Crippen LogP contribution is 2.21. The van der Waals surface area contributed by atoms with Crippen molar-refractivity contribution in [3.8, 4) is 0 Å². The van der Waals surface area contributed by atoms with E-state index in [2.05, 4.69) is 10.0 Å². The van der Waals surface area contributed by atoms with Crippen LogP contribution in [0.25, 0.3) is 0 Å². The molecule has 1 saturated heterocycles. The molecule has 3 rings (SSSR count). The topological polar surface area (TPSA) is 105 Å². The van der Waals surface area contributed by atoms with Crippen LogP contribution in [0.2, 0.25) is 0 Å². The predicted octanol–water partition coefficient (Wildman–Crippen LogP) is 3.54. The summed E-state index contributed by atoms with van der Waals surface area (Å²) in [6.45, 7) is 4.65. The van der Waals surface area contributed by atoms with E-state index in [1.54, 1.807) is 19.1 Å². The summed E-state index contributed by atoms with van der Waals surface area (Å²) in [5, 5.41) is 2.69. The third kappa shape index (κ3) is 6.29. The maximum Gasteiger partial charge on any atom is 0.409 e. The number of nitrogens with zero attached hydrogens (tertiary/aromatic N) is 1. The van der Waals surface area contributed by atoms with Crippen molar-refractivity contribution in [2.45, 2.75) is 44.0 Å². The van der Waals surface area contributed by atoms with Gasteiger partial charge in [-0.2, -0.15) is 0 Å². The Morgan fingerprint density at radius 3 is 2.36 bits per heavy atom. The predicted molar refractivity (Wildman–Crippen MR) is 122 cm³/mol. The quantitative estimate of drug-likeness (QED) is 0.635. The number of rotatable bonds is 7. The summed E-state index contributed by atoms with van der Waals surface area (Å²) in [6.07, 6.45) is 1.16. The van der Waals surface area contributed by atoms with Crippen molar-refractivity contribution in [2.24, 2.45) is 0 Å². The Kier molecular flexibility index (Phi) is 8.04. The molecule has 10 heteroatoms. The standard InChI is InChI=1S/C23H28FN3O5S/c1-3-16-5-8-18(9-6-16)25-22(28)17-7-10-20(24)21(15-17)33(30,31)26-19-11-13-27(14-12-19)23(29)32-4-2/h5-10,15,19,26H,3-4,11-14H2,1-2H3,(H,25,28). The maximum absolute atomic E-state index is 14.4. The summed E-state index contributed by atoms with van der Waals surface area (Å²) in [6, 6.07) is 10.0. The zero-order valence-electron chi connectivity index (χ0n) is 18.6. The number of ether oxygens (including phenoxy) is 1. The molecule has 2 N–H and O–H groups in total. The SMILES string of the molecule is CCOC(=O)N1CCC(NS(=O)(=O)c2cc(C(=O)Nc3ccc(CC)cc3)ccc2F)CC1. The number of carbonyl (C=O) groups is 2. The van der Waals surface area contributed by atoms with E-state index in [1.165, 1.54) is 11.0 Å². The molecule has 2 aromatic rings. The van der Waals surface area contributed by atoms with Crippen LogP contribution in [0.3, 0.4) is 0 Å². The zero-order chi connectivity index (χ0) is 24.0. The fourth-order valence-electron chi connectivity index (χ4n) is 3.56. The van der Waals surface area contributed by atoms with E-state index in [9.17, 15) is 22.4 Å². The number of nitrogens with one attached hydrogen (secondary N) is 2. The van der Waals surface area contributed by atoms with Crippen LogP contribution < -0.4 is 10.0 Å². The number of benzene rings is 2. The lowest BCUT2D eigenvalue weighted by molar-refractivity contribution is 0.0965. The van der Waals surface area contributed by atoms with E-state index < -0.39 is 38.8 Å². The minimum atomic E-state index is -4.22. The highest BCUT2D eigenvalue weighted by molar-refractivity contribution is 7.89. The van der Waals surface area contributed by atoms with Crippen LogP contribution in [0.5, 0.6) is 0 Å². The fraction of sp³-hybridized carbons (Fsp3) is 0.391. The van der Waals surface area contributed by atoms with Crippen molar-refractivity contribution in [1.29, 1.82) is 0 Å². The van der Waals surface area contributed by atoms with Crippen LogP contribution >= 0.6 is 0 Å². The first-order valence-electron chi connectivity index (χ1n) is 10.9. The molecule has 8 nitrogen and oxygen atoms in total. The van der Waals surface area contributed by atoms with E-state index >= 15 is 0 Å². The number of likely N-dealkylation sites (tertiary alicyclic amines) is 1. The van der Waals surface area contributed by atoms with Gasteiger partial charge in [-0.3, -0.25) is 4.79 Å². The van der Waals surface area contributed by atoms with E-state index in [0.717, 1.165) is 24.1 Å². The summed E-state index contributed by atoms with van der Waals surface area (Å²) in [7, 11) is -4.22. The third-order valence-electron chi connectivity index (χ3n) is 5.45. The Morgan fingerprint density at radius 2 is 1.76 bits per heavy atom. The molecule has 0 bridgehead atoms. The number of amides is 2. The second-order valence-electron chi connectivity index (χ2n) is 7.73. The van der Waals surface area contributed by atoms with E-state index in [4.69, 9.17) is 4.74 Å². The molecule has 2 aromatic carbocycles. The van der Waals surface area contributed by atoms with Crippen LogP contribution in [0.1, 0.15) is 42.6 Å². The van der Waals surface area contributed by atoms with E-state index in [-0.39, 0.29) is 12.2 Å². The summed E-state index contributed by atoms with van der Waals surface area (Å²) >= 11 is 0. The molecular weight excluding hydrogens is 449 g/mol. The highest BCUT2D eigenvalue weighted by Gasteiger charge is 2.29. The lowest BCUT2D eigenvalue weighted by atomic mass is 10.1. The Bertz CT molecular complexity index is 1100. The molecule has 0 aliphatic carbocycles. The van der Waals surface area contributed by atoms with Gasteiger partial charge in [0.15, 0.2) is 0 Å². The summed E-state index contributed by atoms with van der Waals surface area (Å²) in [5.41, 5.74) is 1.69. The zero-order valence-corrected chi connectivity index (χ0v) is 19.5. The van der Waals surface area contributed by atoms with Crippen LogP contribution in [-0.4, -0.2) is 51.1 Å². The molecule has 0 unspecified atom stereocenters. The van der Waals surface area contributed by atoms with Gasteiger partial charge in [-0.15, -0.1) is 0 Å². The fourth-order valence-corrected chi connectivity index (χ4v) is 4.96. The second kappa shape index (κ2) is 10.8. The van der Waals surface area contributed by atoms with E-state index in [1.807, 2.05) is 19.1 Å². The van der Waals surface area contributed by atoms with Crippen LogP contribution in [-0.2, 0) is 21.2 Å². The molecule has 1 aliphatic rings. The number of hydrogen-bond acceptors (Lipinski definition) is 5. The molecular formula is C23H28FN3O5S. The Morgan fingerprint density at radius 1 is 1.09 bits per heavy atom. The van der Waals surface area contributed by atoms with Gasteiger partial charge in [-0.25, -0.2) is 22.3 Å². The van der Waals surface area contributed by atoms with Crippen molar-refractivity contribution in [3.63, 3.8) is 0 Å². The molecule has 0 atom stereocenters. The number of anilines is 1. The number of aryl methyl sites for hydroxylation is 1. The van der Waals surface area contributed by atoms with E-state index in [0.29, 0.717) is 31.6 Å². The van der Waals surface area contributed by atoms with Crippen LogP contribution in [0, 0.1) is 5.82 Å². The molecule has 0 spiro atoms. The summed E-state index contributed by atoms with van der Waals surface area (Å²) in [5.74, 6) is -1.49.